The monoisotopic (exact) mass is 294 g/mol. The van der Waals surface area contributed by atoms with Crippen LogP contribution in [0.4, 0.5) is 5.69 Å². The van der Waals surface area contributed by atoms with Crippen molar-refractivity contribution in [3.05, 3.63) is 23.0 Å². The van der Waals surface area contributed by atoms with Gasteiger partial charge in [0.15, 0.2) is 0 Å². The van der Waals surface area contributed by atoms with Crippen molar-refractivity contribution in [1.29, 1.82) is 0 Å². The Bertz CT molecular complexity index is 528. The molecule has 5 nitrogen and oxygen atoms in total. The number of thiocarbonyl (C=S) groups is 1. The summed E-state index contributed by atoms with van der Waals surface area (Å²) < 4.78 is 0. The Balaban J connectivity index is 3.02. The number of aromatic nitrogens is 1. The summed E-state index contributed by atoms with van der Waals surface area (Å²) in [6.45, 7) is 9.38. The summed E-state index contributed by atoms with van der Waals surface area (Å²) in [5.74, 6) is -0.0685. The Kier molecular flexibility index (Phi) is 5.44. The summed E-state index contributed by atoms with van der Waals surface area (Å²) in [7, 11) is 0. The SMILES string of the molecule is Cc1cc(NC(C)C(=O)NC(C)C)c(C(N)=S)c(C)n1. The van der Waals surface area contributed by atoms with Gasteiger partial charge in [-0.1, -0.05) is 12.2 Å². The Hall–Kier alpha value is -1.69. The Morgan fingerprint density at radius 1 is 1.35 bits per heavy atom. The summed E-state index contributed by atoms with van der Waals surface area (Å²) in [5, 5.41) is 6.02. The van der Waals surface area contributed by atoms with E-state index in [1.165, 1.54) is 0 Å². The molecule has 0 saturated heterocycles. The van der Waals surface area contributed by atoms with Crippen molar-refractivity contribution in [2.75, 3.05) is 5.32 Å². The molecular formula is C14H22N4OS. The number of nitrogens with two attached hydrogens (primary N) is 1. The van der Waals surface area contributed by atoms with Crippen LogP contribution in [0.5, 0.6) is 0 Å². The lowest BCUT2D eigenvalue weighted by Gasteiger charge is -2.20. The fourth-order valence-corrected chi connectivity index (χ4v) is 2.22. The van der Waals surface area contributed by atoms with Gasteiger partial charge >= 0.3 is 0 Å². The molecule has 0 radical (unpaired) electrons. The van der Waals surface area contributed by atoms with Crippen LogP contribution in [0.15, 0.2) is 6.07 Å². The number of nitrogens with zero attached hydrogens (tertiary/aromatic N) is 1. The quantitative estimate of drug-likeness (QED) is 0.720. The van der Waals surface area contributed by atoms with E-state index < -0.39 is 0 Å². The molecule has 0 saturated carbocycles. The largest absolute Gasteiger partial charge is 0.389 e. The van der Waals surface area contributed by atoms with Crippen molar-refractivity contribution in [2.24, 2.45) is 5.73 Å². The molecule has 0 fully saturated rings. The lowest BCUT2D eigenvalue weighted by atomic mass is 10.1. The average molecular weight is 294 g/mol. The summed E-state index contributed by atoms with van der Waals surface area (Å²) in [6, 6.07) is 1.56. The molecule has 1 amide bonds. The van der Waals surface area contributed by atoms with Crippen molar-refractivity contribution >= 4 is 28.8 Å². The zero-order chi connectivity index (χ0) is 15.4. The predicted molar refractivity (Wildman–Crippen MR) is 86.0 cm³/mol. The van der Waals surface area contributed by atoms with E-state index >= 15 is 0 Å². The van der Waals surface area contributed by atoms with Gasteiger partial charge < -0.3 is 16.4 Å². The first-order chi connectivity index (χ1) is 9.22. The molecule has 0 aliphatic rings. The first-order valence-corrected chi connectivity index (χ1v) is 6.98. The van der Waals surface area contributed by atoms with Crippen LogP contribution in [-0.4, -0.2) is 28.0 Å². The van der Waals surface area contributed by atoms with Gasteiger partial charge in [0.05, 0.1) is 5.56 Å². The van der Waals surface area contributed by atoms with Crippen molar-refractivity contribution in [3.8, 4) is 0 Å². The molecule has 0 aliphatic carbocycles. The topological polar surface area (TPSA) is 80.0 Å². The molecule has 1 unspecified atom stereocenters. The molecule has 1 heterocycles. The Labute approximate surface area is 125 Å². The smallest absolute Gasteiger partial charge is 0.242 e. The standard InChI is InChI=1S/C14H22N4OS/c1-7(2)16-14(19)10(5)18-11-6-8(3)17-9(4)12(11)13(15)20/h6-7,10H,1-5H3,(H2,15,20)(H,16,19)(H,17,18). The highest BCUT2D eigenvalue weighted by molar-refractivity contribution is 7.80. The minimum Gasteiger partial charge on any atom is -0.389 e. The molecule has 110 valence electrons. The molecule has 1 atom stereocenters. The van der Waals surface area contributed by atoms with Gasteiger partial charge in [-0.2, -0.15) is 0 Å². The highest BCUT2D eigenvalue weighted by Crippen LogP contribution is 2.20. The van der Waals surface area contributed by atoms with E-state index in [0.717, 1.165) is 17.1 Å². The maximum atomic E-state index is 12.0. The van der Waals surface area contributed by atoms with Crippen molar-refractivity contribution in [2.45, 2.75) is 46.7 Å². The zero-order valence-corrected chi connectivity index (χ0v) is 13.4. The molecule has 4 N–H and O–H groups in total. The lowest BCUT2D eigenvalue weighted by molar-refractivity contribution is -0.122. The fourth-order valence-electron chi connectivity index (χ4n) is 1.96. The zero-order valence-electron chi connectivity index (χ0n) is 12.6. The van der Waals surface area contributed by atoms with Gasteiger partial charge in [-0.25, -0.2) is 0 Å². The molecule has 0 aromatic carbocycles. The van der Waals surface area contributed by atoms with E-state index in [2.05, 4.69) is 15.6 Å². The van der Waals surface area contributed by atoms with Crippen LogP contribution in [0, 0.1) is 13.8 Å². The van der Waals surface area contributed by atoms with E-state index in [1.807, 2.05) is 33.8 Å². The predicted octanol–water partition coefficient (Wildman–Crippen LogP) is 1.66. The summed E-state index contributed by atoms with van der Waals surface area (Å²) in [6.07, 6.45) is 0. The van der Waals surface area contributed by atoms with E-state index in [9.17, 15) is 4.79 Å². The molecular weight excluding hydrogens is 272 g/mol. The third-order valence-electron chi connectivity index (χ3n) is 2.77. The number of carbonyl (C=O) groups is 1. The minimum absolute atomic E-state index is 0.0685. The first-order valence-electron chi connectivity index (χ1n) is 6.57. The average Bonchev–Trinajstić information content (AvgIpc) is 2.25. The minimum atomic E-state index is -0.383. The van der Waals surface area contributed by atoms with Gasteiger partial charge in [-0.15, -0.1) is 0 Å². The molecule has 0 bridgehead atoms. The van der Waals surface area contributed by atoms with E-state index in [4.69, 9.17) is 18.0 Å². The number of nitrogens with one attached hydrogen (secondary N) is 2. The molecule has 0 aliphatic heterocycles. The van der Waals surface area contributed by atoms with Crippen LogP contribution >= 0.6 is 12.2 Å². The molecule has 1 aromatic heterocycles. The molecule has 6 heteroatoms. The fraction of sp³-hybridized carbons (Fsp3) is 0.500. The van der Waals surface area contributed by atoms with Crippen LogP contribution in [-0.2, 0) is 4.79 Å². The molecule has 1 aromatic rings. The number of pyridine rings is 1. The van der Waals surface area contributed by atoms with Crippen molar-refractivity contribution < 1.29 is 4.79 Å². The van der Waals surface area contributed by atoms with Crippen LogP contribution < -0.4 is 16.4 Å². The second kappa shape index (κ2) is 6.65. The highest BCUT2D eigenvalue weighted by atomic mass is 32.1. The van der Waals surface area contributed by atoms with Crippen molar-refractivity contribution in [1.82, 2.24) is 10.3 Å². The van der Waals surface area contributed by atoms with Gasteiger partial charge in [0.25, 0.3) is 0 Å². The third kappa shape index (κ3) is 4.16. The maximum Gasteiger partial charge on any atom is 0.242 e. The van der Waals surface area contributed by atoms with Gasteiger partial charge in [0, 0.05) is 23.1 Å². The summed E-state index contributed by atoms with van der Waals surface area (Å²) >= 11 is 5.07. The summed E-state index contributed by atoms with van der Waals surface area (Å²) in [4.78, 5) is 16.6. The third-order valence-corrected chi connectivity index (χ3v) is 2.98. The molecule has 1 rings (SSSR count). The summed E-state index contributed by atoms with van der Waals surface area (Å²) in [5.41, 5.74) is 8.79. The Morgan fingerprint density at radius 2 is 1.95 bits per heavy atom. The number of aryl methyl sites for hydroxylation is 2. The number of hydrogen-bond acceptors (Lipinski definition) is 4. The second-order valence-electron chi connectivity index (χ2n) is 5.17. The Morgan fingerprint density at radius 3 is 2.45 bits per heavy atom. The van der Waals surface area contributed by atoms with E-state index in [-0.39, 0.29) is 23.0 Å². The van der Waals surface area contributed by atoms with E-state index in [0.29, 0.717) is 5.56 Å². The molecule has 0 spiro atoms. The lowest BCUT2D eigenvalue weighted by Crippen LogP contribution is -2.41. The number of anilines is 1. The van der Waals surface area contributed by atoms with Gasteiger partial charge in [-0.3, -0.25) is 9.78 Å². The normalized spacial score (nSPS) is 12.1. The van der Waals surface area contributed by atoms with Crippen LogP contribution in [0.3, 0.4) is 0 Å². The number of carbonyl (C=O) groups excluding carboxylic acids is 1. The van der Waals surface area contributed by atoms with Crippen molar-refractivity contribution in [3.63, 3.8) is 0 Å². The van der Waals surface area contributed by atoms with Gasteiger partial charge in [-0.05, 0) is 40.7 Å². The first kappa shape index (κ1) is 16.4. The molecule has 20 heavy (non-hydrogen) atoms. The van der Waals surface area contributed by atoms with Crippen LogP contribution in [0.1, 0.15) is 37.7 Å². The second-order valence-corrected chi connectivity index (χ2v) is 5.60. The van der Waals surface area contributed by atoms with Gasteiger partial charge in [0.1, 0.15) is 11.0 Å². The van der Waals surface area contributed by atoms with Gasteiger partial charge in [0.2, 0.25) is 5.91 Å². The van der Waals surface area contributed by atoms with Crippen LogP contribution in [0.2, 0.25) is 0 Å². The number of rotatable bonds is 5. The van der Waals surface area contributed by atoms with Crippen LogP contribution in [0.25, 0.3) is 0 Å². The van der Waals surface area contributed by atoms with E-state index in [1.54, 1.807) is 6.92 Å². The highest BCUT2D eigenvalue weighted by Gasteiger charge is 2.17. The number of amides is 1. The maximum absolute atomic E-state index is 12.0. The number of hydrogen-bond donors (Lipinski definition) is 3.